The van der Waals surface area contributed by atoms with E-state index in [1.165, 1.54) is 0 Å². The minimum atomic E-state index is 0.112. The Labute approximate surface area is 121 Å². The maximum absolute atomic E-state index is 5.75. The summed E-state index contributed by atoms with van der Waals surface area (Å²) in [6.07, 6.45) is 1.33. The van der Waals surface area contributed by atoms with Gasteiger partial charge in [-0.25, -0.2) is 4.98 Å². The zero-order chi connectivity index (χ0) is 14.8. The summed E-state index contributed by atoms with van der Waals surface area (Å²) < 4.78 is 11.2. The van der Waals surface area contributed by atoms with Gasteiger partial charge in [0.25, 0.3) is 0 Å². The summed E-state index contributed by atoms with van der Waals surface area (Å²) in [6.45, 7) is 11.7. The standard InChI is InChI=1S/C15H25N3O2/c1-6-19-12-8-11(15(12,4)5)18-13-9-14(20-7-2)17-10(3)16-13/h9,11-12H,6-8H2,1-5H3,(H,16,17,18). The number of aromatic nitrogens is 2. The van der Waals surface area contributed by atoms with Gasteiger partial charge in [0.2, 0.25) is 5.88 Å². The average molecular weight is 279 g/mol. The number of hydrogen-bond donors (Lipinski definition) is 1. The fourth-order valence-corrected chi connectivity index (χ4v) is 2.63. The molecule has 5 nitrogen and oxygen atoms in total. The van der Waals surface area contributed by atoms with E-state index in [4.69, 9.17) is 9.47 Å². The highest BCUT2D eigenvalue weighted by Crippen LogP contribution is 2.44. The minimum Gasteiger partial charge on any atom is -0.478 e. The molecule has 0 amide bonds. The van der Waals surface area contributed by atoms with Gasteiger partial charge in [-0.05, 0) is 27.2 Å². The van der Waals surface area contributed by atoms with Crippen molar-refractivity contribution in [2.75, 3.05) is 18.5 Å². The number of ether oxygens (including phenoxy) is 2. The molecule has 1 heterocycles. The van der Waals surface area contributed by atoms with Gasteiger partial charge in [0.05, 0.1) is 12.7 Å². The Balaban J connectivity index is 2.04. The van der Waals surface area contributed by atoms with Gasteiger partial charge in [0.15, 0.2) is 0 Å². The molecule has 1 aliphatic rings. The van der Waals surface area contributed by atoms with Crippen LogP contribution in [0.25, 0.3) is 0 Å². The van der Waals surface area contributed by atoms with E-state index in [2.05, 4.69) is 29.1 Å². The quantitative estimate of drug-likeness (QED) is 0.867. The molecule has 20 heavy (non-hydrogen) atoms. The third-order valence-corrected chi connectivity index (χ3v) is 3.97. The molecule has 0 bridgehead atoms. The van der Waals surface area contributed by atoms with Gasteiger partial charge in [-0.15, -0.1) is 0 Å². The van der Waals surface area contributed by atoms with Crippen molar-refractivity contribution < 1.29 is 9.47 Å². The van der Waals surface area contributed by atoms with Crippen LogP contribution < -0.4 is 10.1 Å². The highest BCUT2D eigenvalue weighted by Gasteiger charge is 2.49. The molecule has 0 aromatic carbocycles. The fourth-order valence-electron chi connectivity index (χ4n) is 2.63. The summed E-state index contributed by atoms with van der Waals surface area (Å²) in [7, 11) is 0. The van der Waals surface area contributed by atoms with Gasteiger partial charge < -0.3 is 14.8 Å². The van der Waals surface area contributed by atoms with E-state index in [1.807, 2.05) is 26.8 Å². The molecule has 1 fully saturated rings. The van der Waals surface area contributed by atoms with Crippen LogP contribution >= 0.6 is 0 Å². The Morgan fingerprint density at radius 3 is 2.65 bits per heavy atom. The summed E-state index contributed by atoms with van der Waals surface area (Å²) in [5.74, 6) is 2.17. The SMILES string of the molecule is CCOc1cc(NC2CC(OCC)C2(C)C)nc(C)n1. The van der Waals surface area contributed by atoms with Crippen molar-refractivity contribution in [3.63, 3.8) is 0 Å². The summed E-state index contributed by atoms with van der Waals surface area (Å²) >= 11 is 0. The smallest absolute Gasteiger partial charge is 0.218 e. The molecule has 0 aliphatic heterocycles. The lowest BCUT2D eigenvalue weighted by molar-refractivity contribution is -0.0976. The van der Waals surface area contributed by atoms with E-state index >= 15 is 0 Å². The molecule has 0 radical (unpaired) electrons. The van der Waals surface area contributed by atoms with E-state index < -0.39 is 0 Å². The first-order valence-electron chi connectivity index (χ1n) is 7.34. The second-order valence-electron chi connectivity index (χ2n) is 5.77. The second kappa shape index (κ2) is 5.95. The van der Waals surface area contributed by atoms with Crippen molar-refractivity contribution in [2.24, 2.45) is 5.41 Å². The molecule has 1 N–H and O–H groups in total. The average Bonchev–Trinajstić information content (AvgIpc) is 2.37. The lowest BCUT2D eigenvalue weighted by atomic mass is 9.64. The van der Waals surface area contributed by atoms with E-state index in [-0.39, 0.29) is 5.41 Å². The van der Waals surface area contributed by atoms with Crippen LogP contribution in [0.1, 0.15) is 39.9 Å². The molecular formula is C15H25N3O2. The maximum Gasteiger partial charge on any atom is 0.218 e. The lowest BCUT2D eigenvalue weighted by Crippen LogP contribution is -2.58. The predicted octanol–water partition coefficient (Wildman–Crippen LogP) is 2.80. The van der Waals surface area contributed by atoms with E-state index in [0.29, 0.717) is 24.6 Å². The minimum absolute atomic E-state index is 0.112. The van der Waals surface area contributed by atoms with Crippen molar-refractivity contribution in [2.45, 2.75) is 53.2 Å². The highest BCUT2D eigenvalue weighted by molar-refractivity contribution is 5.41. The van der Waals surface area contributed by atoms with Crippen molar-refractivity contribution in [1.82, 2.24) is 9.97 Å². The van der Waals surface area contributed by atoms with Crippen molar-refractivity contribution in [3.8, 4) is 5.88 Å². The van der Waals surface area contributed by atoms with Gasteiger partial charge in [-0.2, -0.15) is 4.98 Å². The molecule has 0 saturated heterocycles. The van der Waals surface area contributed by atoms with Crippen molar-refractivity contribution in [1.29, 1.82) is 0 Å². The number of nitrogens with zero attached hydrogens (tertiary/aromatic N) is 2. The Morgan fingerprint density at radius 1 is 1.30 bits per heavy atom. The first-order valence-corrected chi connectivity index (χ1v) is 7.34. The van der Waals surface area contributed by atoms with Crippen LogP contribution in [0.3, 0.4) is 0 Å². The van der Waals surface area contributed by atoms with Gasteiger partial charge in [0.1, 0.15) is 11.6 Å². The summed E-state index contributed by atoms with van der Waals surface area (Å²) in [5, 5.41) is 3.49. The molecule has 5 heteroatoms. The molecule has 1 saturated carbocycles. The number of hydrogen-bond acceptors (Lipinski definition) is 5. The monoisotopic (exact) mass is 279 g/mol. The molecule has 2 rings (SSSR count). The molecule has 1 aromatic rings. The van der Waals surface area contributed by atoms with Crippen molar-refractivity contribution >= 4 is 5.82 Å². The Kier molecular flexibility index (Phi) is 4.48. The van der Waals surface area contributed by atoms with Crippen LogP contribution in [0.5, 0.6) is 5.88 Å². The first kappa shape index (κ1) is 15.0. The van der Waals surface area contributed by atoms with Crippen LogP contribution in [0.4, 0.5) is 5.82 Å². The third-order valence-electron chi connectivity index (χ3n) is 3.97. The van der Waals surface area contributed by atoms with Crippen LogP contribution in [0, 0.1) is 12.3 Å². The molecule has 0 spiro atoms. The van der Waals surface area contributed by atoms with Crippen molar-refractivity contribution in [3.05, 3.63) is 11.9 Å². The zero-order valence-corrected chi connectivity index (χ0v) is 13.1. The second-order valence-corrected chi connectivity index (χ2v) is 5.77. The van der Waals surface area contributed by atoms with Gasteiger partial charge in [-0.3, -0.25) is 0 Å². The largest absolute Gasteiger partial charge is 0.478 e. The summed E-state index contributed by atoms with van der Waals surface area (Å²) in [4.78, 5) is 8.69. The van der Waals surface area contributed by atoms with E-state index in [9.17, 15) is 0 Å². The predicted molar refractivity (Wildman–Crippen MR) is 79.2 cm³/mol. The first-order chi connectivity index (χ1) is 9.47. The Hall–Kier alpha value is -1.36. The Morgan fingerprint density at radius 2 is 2.05 bits per heavy atom. The number of nitrogens with one attached hydrogen (secondary N) is 1. The van der Waals surface area contributed by atoms with Gasteiger partial charge in [-0.1, -0.05) is 13.8 Å². The fraction of sp³-hybridized carbons (Fsp3) is 0.733. The van der Waals surface area contributed by atoms with Crippen LogP contribution in [-0.4, -0.2) is 35.3 Å². The lowest BCUT2D eigenvalue weighted by Gasteiger charge is -2.51. The molecular weight excluding hydrogens is 254 g/mol. The van der Waals surface area contributed by atoms with Crippen LogP contribution in [0.2, 0.25) is 0 Å². The molecule has 2 unspecified atom stereocenters. The zero-order valence-electron chi connectivity index (χ0n) is 13.1. The highest BCUT2D eigenvalue weighted by atomic mass is 16.5. The normalized spacial score (nSPS) is 24.1. The third kappa shape index (κ3) is 3.03. The van der Waals surface area contributed by atoms with Crippen LogP contribution in [0.15, 0.2) is 6.07 Å². The van der Waals surface area contributed by atoms with Crippen LogP contribution in [-0.2, 0) is 4.74 Å². The summed E-state index contributed by atoms with van der Waals surface area (Å²) in [5.41, 5.74) is 0.112. The Bertz CT molecular complexity index is 462. The van der Waals surface area contributed by atoms with E-state index in [1.54, 1.807) is 0 Å². The summed E-state index contributed by atoms with van der Waals surface area (Å²) in [6, 6.07) is 2.23. The number of rotatable bonds is 6. The number of anilines is 1. The molecule has 1 aliphatic carbocycles. The molecule has 112 valence electrons. The molecule has 1 aromatic heterocycles. The van der Waals surface area contributed by atoms with E-state index in [0.717, 1.165) is 24.7 Å². The van der Waals surface area contributed by atoms with Gasteiger partial charge in [0, 0.05) is 24.1 Å². The number of aryl methyl sites for hydroxylation is 1. The molecule has 2 atom stereocenters. The topological polar surface area (TPSA) is 56.3 Å². The van der Waals surface area contributed by atoms with Gasteiger partial charge >= 0.3 is 0 Å². The maximum atomic E-state index is 5.75.